The second-order valence-electron chi connectivity index (χ2n) is 3.45. The lowest BCUT2D eigenvalue weighted by Crippen LogP contribution is -1.86. The van der Waals surface area contributed by atoms with Crippen molar-refractivity contribution in [2.24, 2.45) is 5.18 Å². The molecule has 16 heavy (non-hydrogen) atoms. The Labute approximate surface area is 90.9 Å². The molecule has 0 saturated heterocycles. The lowest BCUT2D eigenvalue weighted by Gasteiger charge is -2.01. The topological polar surface area (TPSA) is 55.2 Å². The van der Waals surface area contributed by atoms with Crippen molar-refractivity contribution in [1.82, 2.24) is 9.97 Å². The van der Waals surface area contributed by atoms with Crippen molar-refractivity contribution in [3.05, 3.63) is 47.4 Å². The summed E-state index contributed by atoms with van der Waals surface area (Å²) in [4.78, 5) is 19.5. The zero-order valence-corrected chi connectivity index (χ0v) is 8.29. The summed E-state index contributed by atoms with van der Waals surface area (Å²) in [5, 5.41) is 2.95. The maximum absolute atomic E-state index is 10.6. The molecule has 0 fully saturated rings. The van der Waals surface area contributed by atoms with Gasteiger partial charge >= 0.3 is 0 Å². The Morgan fingerprint density at radius 3 is 2.25 bits per heavy atom. The van der Waals surface area contributed by atoms with Crippen LogP contribution in [0.5, 0.6) is 0 Å². The van der Waals surface area contributed by atoms with E-state index >= 15 is 0 Å². The highest BCUT2D eigenvalue weighted by molar-refractivity contribution is 5.92. The predicted molar refractivity (Wildman–Crippen MR) is 62.5 cm³/mol. The van der Waals surface area contributed by atoms with Crippen LogP contribution < -0.4 is 0 Å². The molecule has 0 unspecified atom stereocenters. The van der Waals surface area contributed by atoms with Gasteiger partial charge in [-0.05, 0) is 29.4 Å². The van der Waals surface area contributed by atoms with Crippen LogP contribution in [0.15, 0.2) is 47.6 Å². The first kappa shape index (κ1) is 8.91. The van der Waals surface area contributed by atoms with Crippen LogP contribution in [0, 0.1) is 4.91 Å². The van der Waals surface area contributed by atoms with Gasteiger partial charge in [-0.25, -0.2) is 9.97 Å². The molecule has 0 amide bonds. The summed E-state index contributed by atoms with van der Waals surface area (Å²) in [6.07, 6.45) is 0. The second-order valence-corrected chi connectivity index (χ2v) is 3.45. The Balaban J connectivity index is 2.51. The lowest BCUT2D eigenvalue weighted by atomic mass is 10.2. The average molecular weight is 209 g/mol. The van der Waals surface area contributed by atoms with Crippen molar-refractivity contribution in [2.75, 3.05) is 0 Å². The Bertz CT molecular complexity index is 694. The molecule has 0 atom stereocenters. The molecule has 0 aliphatic heterocycles. The van der Waals surface area contributed by atoms with E-state index in [-0.39, 0.29) is 0 Å². The maximum atomic E-state index is 10.6. The molecule has 0 aliphatic rings. The number of fused-ring (bicyclic) bond motifs is 2. The smallest absolute Gasteiger partial charge is 0.135 e. The Kier molecular flexibility index (Phi) is 1.86. The Hall–Kier alpha value is -2.36. The molecule has 3 aromatic rings. The van der Waals surface area contributed by atoms with E-state index in [4.69, 9.17) is 0 Å². The fraction of sp³-hybridized carbons (Fsp3) is 0. The standard InChI is InChI=1S/C12H7N3O/c16-15-11-7-3-6-10-12(11)14-9-5-2-1-4-8(9)13-10/h1-7H. The zero-order chi connectivity index (χ0) is 11.0. The molecular weight excluding hydrogens is 202 g/mol. The van der Waals surface area contributed by atoms with Crippen molar-refractivity contribution in [3.63, 3.8) is 0 Å². The molecule has 76 valence electrons. The third-order valence-corrected chi connectivity index (χ3v) is 2.45. The monoisotopic (exact) mass is 209 g/mol. The van der Waals surface area contributed by atoms with Crippen molar-refractivity contribution in [3.8, 4) is 0 Å². The van der Waals surface area contributed by atoms with E-state index in [1.165, 1.54) is 0 Å². The number of nitroso groups, excluding NO2 is 1. The van der Waals surface area contributed by atoms with Gasteiger partial charge in [-0.2, -0.15) is 0 Å². The van der Waals surface area contributed by atoms with Crippen LogP contribution in [-0.4, -0.2) is 9.97 Å². The fourth-order valence-electron chi connectivity index (χ4n) is 1.70. The predicted octanol–water partition coefficient (Wildman–Crippen LogP) is 3.18. The molecule has 1 heterocycles. The first-order valence-electron chi connectivity index (χ1n) is 4.87. The summed E-state index contributed by atoms with van der Waals surface area (Å²) in [6.45, 7) is 0. The van der Waals surface area contributed by atoms with E-state index in [0.717, 1.165) is 11.0 Å². The largest absolute Gasteiger partial charge is 0.244 e. The lowest BCUT2D eigenvalue weighted by molar-refractivity contribution is 1.37. The van der Waals surface area contributed by atoms with Gasteiger partial charge in [0.15, 0.2) is 0 Å². The van der Waals surface area contributed by atoms with Crippen molar-refractivity contribution < 1.29 is 0 Å². The van der Waals surface area contributed by atoms with E-state index in [9.17, 15) is 4.91 Å². The summed E-state index contributed by atoms with van der Waals surface area (Å²) < 4.78 is 0. The van der Waals surface area contributed by atoms with Crippen LogP contribution in [0.3, 0.4) is 0 Å². The molecule has 3 rings (SSSR count). The highest BCUT2D eigenvalue weighted by Crippen LogP contribution is 2.24. The Morgan fingerprint density at radius 2 is 1.50 bits per heavy atom. The van der Waals surface area contributed by atoms with Gasteiger partial charge in [-0.15, -0.1) is 4.91 Å². The molecule has 1 aromatic heterocycles. The average Bonchev–Trinajstić information content (AvgIpc) is 2.35. The van der Waals surface area contributed by atoms with E-state index in [1.807, 2.05) is 30.3 Å². The van der Waals surface area contributed by atoms with E-state index in [0.29, 0.717) is 16.7 Å². The number of benzene rings is 2. The summed E-state index contributed by atoms with van der Waals surface area (Å²) in [5.74, 6) is 0. The molecule has 0 saturated carbocycles. The molecule has 0 radical (unpaired) electrons. The SMILES string of the molecule is O=Nc1cccc2nc3ccccc3nc12. The molecule has 2 aromatic carbocycles. The highest BCUT2D eigenvalue weighted by Gasteiger charge is 2.05. The molecule has 0 N–H and O–H groups in total. The third kappa shape index (κ3) is 1.24. The Morgan fingerprint density at radius 1 is 0.812 bits per heavy atom. The molecule has 4 heteroatoms. The van der Waals surface area contributed by atoms with Crippen molar-refractivity contribution >= 4 is 27.8 Å². The third-order valence-electron chi connectivity index (χ3n) is 2.45. The first-order chi connectivity index (χ1) is 7.88. The maximum Gasteiger partial charge on any atom is 0.135 e. The van der Waals surface area contributed by atoms with Crippen LogP contribution >= 0.6 is 0 Å². The molecule has 0 aliphatic carbocycles. The molecule has 4 nitrogen and oxygen atoms in total. The van der Waals surface area contributed by atoms with Gasteiger partial charge in [-0.3, -0.25) is 0 Å². The van der Waals surface area contributed by atoms with Gasteiger partial charge in [0.1, 0.15) is 11.2 Å². The quantitative estimate of drug-likeness (QED) is 0.456. The van der Waals surface area contributed by atoms with Crippen molar-refractivity contribution in [2.45, 2.75) is 0 Å². The van der Waals surface area contributed by atoms with Crippen LogP contribution in [0.25, 0.3) is 22.1 Å². The summed E-state index contributed by atoms with van der Waals surface area (Å²) in [5.41, 5.74) is 3.16. The van der Waals surface area contributed by atoms with Gasteiger partial charge in [0.25, 0.3) is 0 Å². The molecule has 0 spiro atoms. The van der Waals surface area contributed by atoms with Gasteiger partial charge in [0.05, 0.1) is 16.6 Å². The van der Waals surface area contributed by atoms with Crippen LogP contribution in [0.2, 0.25) is 0 Å². The minimum Gasteiger partial charge on any atom is -0.244 e. The summed E-state index contributed by atoms with van der Waals surface area (Å²) >= 11 is 0. The van der Waals surface area contributed by atoms with Gasteiger partial charge in [-0.1, -0.05) is 18.2 Å². The summed E-state index contributed by atoms with van der Waals surface area (Å²) in [6, 6.07) is 12.8. The molecule has 0 bridgehead atoms. The van der Waals surface area contributed by atoms with Gasteiger partial charge < -0.3 is 0 Å². The second kappa shape index (κ2) is 3.34. The number of hydrogen-bond donors (Lipinski definition) is 0. The first-order valence-corrected chi connectivity index (χ1v) is 4.87. The van der Waals surface area contributed by atoms with E-state index in [2.05, 4.69) is 15.1 Å². The minimum absolute atomic E-state index is 0.329. The number of rotatable bonds is 1. The number of aromatic nitrogens is 2. The normalized spacial score (nSPS) is 10.8. The highest BCUT2D eigenvalue weighted by atomic mass is 16.3. The fourth-order valence-corrected chi connectivity index (χ4v) is 1.70. The number of para-hydroxylation sites is 3. The van der Waals surface area contributed by atoms with Crippen LogP contribution in [-0.2, 0) is 0 Å². The molecular formula is C12H7N3O. The van der Waals surface area contributed by atoms with E-state index < -0.39 is 0 Å². The zero-order valence-electron chi connectivity index (χ0n) is 8.29. The van der Waals surface area contributed by atoms with Gasteiger partial charge in [0.2, 0.25) is 0 Å². The van der Waals surface area contributed by atoms with Crippen LogP contribution in [0.1, 0.15) is 0 Å². The van der Waals surface area contributed by atoms with E-state index in [1.54, 1.807) is 12.1 Å². The number of nitrogens with zero attached hydrogens (tertiary/aromatic N) is 3. The van der Waals surface area contributed by atoms with Crippen LogP contribution in [0.4, 0.5) is 5.69 Å². The van der Waals surface area contributed by atoms with Crippen molar-refractivity contribution in [1.29, 1.82) is 0 Å². The summed E-state index contributed by atoms with van der Waals surface area (Å²) in [7, 11) is 0. The number of hydrogen-bond acceptors (Lipinski definition) is 4. The minimum atomic E-state index is 0.329. The van der Waals surface area contributed by atoms with Gasteiger partial charge in [0, 0.05) is 0 Å².